The summed E-state index contributed by atoms with van der Waals surface area (Å²) >= 11 is 1.58. The SMILES string of the molecule is Cc1ccc(CSc2nc3c([nH]c4ccccc43)c(=O)n2-c2ccc(C)cc2)cc1. The van der Waals surface area contributed by atoms with Gasteiger partial charge in [-0.05, 0) is 37.6 Å². The first-order chi connectivity index (χ1) is 14.6. The molecule has 2 aromatic heterocycles. The Bertz CT molecular complexity index is 1410. The van der Waals surface area contributed by atoms with Gasteiger partial charge in [0.25, 0.3) is 5.56 Å². The zero-order chi connectivity index (χ0) is 20.7. The number of fused-ring (bicyclic) bond motifs is 3. The fourth-order valence-corrected chi connectivity index (χ4v) is 4.55. The summed E-state index contributed by atoms with van der Waals surface area (Å²) in [6.45, 7) is 4.12. The molecule has 0 aliphatic rings. The van der Waals surface area contributed by atoms with E-state index in [0.29, 0.717) is 10.7 Å². The maximum Gasteiger partial charge on any atom is 0.283 e. The molecule has 0 aliphatic heterocycles. The normalized spacial score (nSPS) is 11.4. The van der Waals surface area contributed by atoms with Crippen LogP contribution in [0.1, 0.15) is 16.7 Å². The summed E-state index contributed by atoms with van der Waals surface area (Å²) < 4.78 is 1.72. The van der Waals surface area contributed by atoms with Crippen LogP contribution >= 0.6 is 11.8 Å². The van der Waals surface area contributed by atoms with Crippen molar-refractivity contribution in [1.82, 2.24) is 14.5 Å². The molecular formula is C25H21N3OS. The van der Waals surface area contributed by atoms with Crippen molar-refractivity contribution >= 4 is 33.7 Å². The predicted molar refractivity (Wildman–Crippen MR) is 125 cm³/mol. The van der Waals surface area contributed by atoms with Crippen molar-refractivity contribution in [2.75, 3.05) is 0 Å². The van der Waals surface area contributed by atoms with Crippen LogP contribution in [0.4, 0.5) is 0 Å². The number of aromatic amines is 1. The highest BCUT2D eigenvalue weighted by molar-refractivity contribution is 7.98. The number of rotatable bonds is 4. The fraction of sp³-hybridized carbons (Fsp3) is 0.120. The minimum Gasteiger partial charge on any atom is -0.349 e. The van der Waals surface area contributed by atoms with Gasteiger partial charge in [0.2, 0.25) is 0 Å². The average molecular weight is 412 g/mol. The van der Waals surface area contributed by atoms with Gasteiger partial charge in [-0.15, -0.1) is 0 Å². The molecule has 2 heterocycles. The topological polar surface area (TPSA) is 50.7 Å². The van der Waals surface area contributed by atoms with Crippen molar-refractivity contribution in [3.63, 3.8) is 0 Å². The van der Waals surface area contributed by atoms with Gasteiger partial charge in [-0.3, -0.25) is 9.36 Å². The molecule has 0 bridgehead atoms. The van der Waals surface area contributed by atoms with Gasteiger partial charge in [-0.2, -0.15) is 0 Å². The predicted octanol–water partition coefficient (Wildman–Crippen LogP) is 5.78. The lowest BCUT2D eigenvalue weighted by Crippen LogP contribution is -2.21. The molecule has 5 heteroatoms. The van der Waals surface area contributed by atoms with Crippen LogP contribution in [0.25, 0.3) is 27.6 Å². The van der Waals surface area contributed by atoms with E-state index < -0.39 is 0 Å². The Kier molecular flexibility index (Phi) is 4.68. The van der Waals surface area contributed by atoms with Gasteiger partial charge in [-0.25, -0.2) is 4.98 Å². The van der Waals surface area contributed by atoms with Gasteiger partial charge in [0, 0.05) is 16.7 Å². The van der Waals surface area contributed by atoms with Crippen LogP contribution in [0.3, 0.4) is 0 Å². The van der Waals surface area contributed by atoms with Crippen LogP contribution in [-0.2, 0) is 5.75 Å². The molecule has 4 nitrogen and oxygen atoms in total. The summed E-state index contributed by atoms with van der Waals surface area (Å²) in [4.78, 5) is 21.8. The van der Waals surface area contributed by atoms with E-state index in [1.165, 1.54) is 11.1 Å². The Morgan fingerprint density at radius 3 is 2.30 bits per heavy atom. The molecule has 0 spiro atoms. The van der Waals surface area contributed by atoms with Gasteiger partial charge < -0.3 is 4.98 Å². The van der Waals surface area contributed by atoms with Crippen molar-refractivity contribution in [1.29, 1.82) is 0 Å². The molecule has 5 rings (SSSR count). The second-order valence-electron chi connectivity index (χ2n) is 7.54. The van der Waals surface area contributed by atoms with E-state index in [1.54, 1.807) is 16.3 Å². The summed E-state index contributed by atoms with van der Waals surface area (Å²) in [5.41, 5.74) is 6.53. The molecule has 0 unspecified atom stereocenters. The van der Waals surface area contributed by atoms with Crippen LogP contribution in [0.5, 0.6) is 0 Å². The minimum atomic E-state index is -0.0774. The molecule has 0 amide bonds. The third-order valence-electron chi connectivity index (χ3n) is 5.28. The number of benzene rings is 3. The van der Waals surface area contributed by atoms with Gasteiger partial charge in [0.15, 0.2) is 5.16 Å². The highest BCUT2D eigenvalue weighted by Gasteiger charge is 2.17. The molecule has 3 aromatic carbocycles. The molecule has 5 aromatic rings. The van der Waals surface area contributed by atoms with E-state index in [1.807, 2.05) is 55.5 Å². The van der Waals surface area contributed by atoms with Gasteiger partial charge in [-0.1, -0.05) is 77.5 Å². The Hall–Kier alpha value is -3.31. The number of para-hydroxylation sites is 1. The summed E-state index contributed by atoms with van der Waals surface area (Å²) in [5, 5.41) is 1.67. The van der Waals surface area contributed by atoms with E-state index in [2.05, 4.69) is 36.2 Å². The van der Waals surface area contributed by atoms with E-state index in [0.717, 1.165) is 33.4 Å². The quantitative estimate of drug-likeness (QED) is 0.301. The van der Waals surface area contributed by atoms with Gasteiger partial charge >= 0.3 is 0 Å². The number of hydrogen-bond acceptors (Lipinski definition) is 3. The second-order valence-corrected chi connectivity index (χ2v) is 8.48. The molecule has 0 saturated heterocycles. The fourth-order valence-electron chi connectivity index (χ4n) is 3.59. The van der Waals surface area contributed by atoms with Crippen LogP contribution < -0.4 is 5.56 Å². The van der Waals surface area contributed by atoms with Crippen molar-refractivity contribution in [3.05, 3.63) is 99.8 Å². The number of H-pyrrole nitrogens is 1. The first-order valence-electron chi connectivity index (χ1n) is 9.89. The van der Waals surface area contributed by atoms with Crippen molar-refractivity contribution in [2.45, 2.75) is 24.8 Å². The third kappa shape index (κ3) is 3.31. The van der Waals surface area contributed by atoms with Gasteiger partial charge in [0.1, 0.15) is 11.0 Å². The smallest absolute Gasteiger partial charge is 0.283 e. The Balaban J connectivity index is 1.69. The highest BCUT2D eigenvalue weighted by Crippen LogP contribution is 2.28. The van der Waals surface area contributed by atoms with Crippen LogP contribution in [-0.4, -0.2) is 14.5 Å². The van der Waals surface area contributed by atoms with E-state index >= 15 is 0 Å². The monoisotopic (exact) mass is 411 g/mol. The third-order valence-corrected chi connectivity index (χ3v) is 6.28. The lowest BCUT2D eigenvalue weighted by molar-refractivity contribution is 0.818. The number of hydrogen-bond donors (Lipinski definition) is 1. The van der Waals surface area contributed by atoms with E-state index in [-0.39, 0.29) is 5.56 Å². The Morgan fingerprint density at radius 1 is 0.900 bits per heavy atom. The molecule has 30 heavy (non-hydrogen) atoms. The summed E-state index contributed by atoms with van der Waals surface area (Å²) in [5.74, 6) is 0.743. The number of aryl methyl sites for hydroxylation is 2. The maximum absolute atomic E-state index is 13.5. The zero-order valence-electron chi connectivity index (χ0n) is 16.8. The first kappa shape index (κ1) is 18.7. The highest BCUT2D eigenvalue weighted by atomic mass is 32.2. The second kappa shape index (κ2) is 7.50. The largest absolute Gasteiger partial charge is 0.349 e. The minimum absolute atomic E-state index is 0.0774. The van der Waals surface area contributed by atoms with E-state index in [4.69, 9.17) is 4.98 Å². The van der Waals surface area contributed by atoms with Crippen LogP contribution in [0.2, 0.25) is 0 Å². The van der Waals surface area contributed by atoms with Crippen molar-refractivity contribution in [2.24, 2.45) is 0 Å². The molecular weight excluding hydrogens is 390 g/mol. The molecule has 0 fully saturated rings. The zero-order valence-corrected chi connectivity index (χ0v) is 17.7. The number of aromatic nitrogens is 3. The molecule has 1 N–H and O–H groups in total. The standard InChI is InChI=1S/C25H21N3OS/c1-16-7-11-18(12-8-16)15-30-25-27-22-20-5-3-4-6-21(20)26-23(22)24(29)28(25)19-13-9-17(2)10-14-19/h3-14,26H,15H2,1-2H3. The Labute approximate surface area is 178 Å². The average Bonchev–Trinajstić information content (AvgIpc) is 3.13. The summed E-state index contributed by atoms with van der Waals surface area (Å²) in [6.07, 6.45) is 0. The van der Waals surface area contributed by atoms with E-state index in [9.17, 15) is 4.79 Å². The van der Waals surface area contributed by atoms with Crippen molar-refractivity contribution in [3.8, 4) is 5.69 Å². The first-order valence-corrected chi connectivity index (χ1v) is 10.9. The lowest BCUT2D eigenvalue weighted by atomic mass is 10.2. The van der Waals surface area contributed by atoms with Crippen LogP contribution in [0.15, 0.2) is 82.7 Å². The summed E-state index contributed by atoms with van der Waals surface area (Å²) in [7, 11) is 0. The maximum atomic E-state index is 13.5. The number of nitrogens with one attached hydrogen (secondary N) is 1. The Morgan fingerprint density at radius 2 is 1.57 bits per heavy atom. The molecule has 0 saturated carbocycles. The molecule has 0 atom stereocenters. The van der Waals surface area contributed by atoms with Crippen LogP contribution in [0, 0.1) is 13.8 Å². The van der Waals surface area contributed by atoms with Crippen molar-refractivity contribution < 1.29 is 0 Å². The van der Waals surface area contributed by atoms with Gasteiger partial charge in [0.05, 0.1) is 5.69 Å². The number of nitrogens with zero attached hydrogens (tertiary/aromatic N) is 2. The summed E-state index contributed by atoms with van der Waals surface area (Å²) in [6, 6.07) is 24.4. The molecule has 0 aliphatic carbocycles. The lowest BCUT2D eigenvalue weighted by Gasteiger charge is -2.12. The molecule has 0 radical (unpaired) electrons. The molecule has 148 valence electrons. The number of thioether (sulfide) groups is 1.